The SMILES string of the molecule is O=C(NC1(C(F)(F)F)C(=O)Nc2nc3cc(Cl)c(Cl)cc3n21)c1cccc(NCCO)n1. The quantitative estimate of drug-likeness (QED) is 0.438. The van der Waals surface area contributed by atoms with Gasteiger partial charge in [-0.15, -0.1) is 0 Å². The van der Waals surface area contributed by atoms with Gasteiger partial charge >= 0.3 is 6.18 Å². The molecule has 9 nitrogen and oxygen atoms in total. The Morgan fingerprint density at radius 1 is 1.22 bits per heavy atom. The van der Waals surface area contributed by atoms with Crippen molar-refractivity contribution in [3.63, 3.8) is 0 Å². The van der Waals surface area contributed by atoms with E-state index in [0.29, 0.717) is 4.57 Å². The minimum Gasteiger partial charge on any atom is -0.395 e. The fraction of sp³-hybridized carbons (Fsp3) is 0.222. The maximum atomic E-state index is 14.4. The maximum absolute atomic E-state index is 14.4. The summed E-state index contributed by atoms with van der Waals surface area (Å²) >= 11 is 11.9. The van der Waals surface area contributed by atoms with E-state index < -0.39 is 29.6 Å². The summed E-state index contributed by atoms with van der Waals surface area (Å²) in [5, 5.41) is 15.4. The van der Waals surface area contributed by atoms with Crippen molar-refractivity contribution < 1.29 is 27.9 Å². The van der Waals surface area contributed by atoms with Gasteiger partial charge in [-0.25, -0.2) is 9.97 Å². The highest BCUT2D eigenvalue weighted by Gasteiger charge is 2.67. The molecule has 1 atom stereocenters. The zero-order valence-electron chi connectivity index (χ0n) is 15.8. The molecule has 168 valence electrons. The number of imidazole rings is 1. The summed E-state index contributed by atoms with van der Waals surface area (Å²) < 4.78 is 43.8. The predicted molar refractivity (Wildman–Crippen MR) is 110 cm³/mol. The zero-order chi connectivity index (χ0) is 23.3. The van der Waals surface area contributed by atoms with Crippen molar-refractivity contribution in [1.29, 1.82) is 0 Å². The van der Waals surface area contributed by atoms with Crippen LogP contribution in [0, 0.1) is 0 Å². The van der Waals surface area contributed by atoms with Crippen molar-refractivity contribution in [2.45, 2.75) is 11.8 Å². The first-order chi connectivity index (χ1) is 15.1. The van der Waals surface area contributed by atoms with E-state index in [0.717, 1.165) is 6.07 Å². The van der Waals surface area contributed by atoms with Gasteiger partial charge in [0.25, 0.3) is 17.5 Å². The summed E-state index contributed by atoms with van der Waals surface area (Å²) in [5.74, 6) is -3.10. The zero-order valence-corrected chi connectivity index (χ0v) is 17.3. The average molecular weight is 489 g/mol. The number of alkyl halides is 3. The summed E-state index contributed by atoms with van der Waals surface area (Å²) in [7, 11) is 0. The van der Waals surface area contributed by atoms with Crippen molar-refractivity contribution >= 4 is 57.8 Å². The number of hydrogen-bond donors (Lipinski definition) is 4. The van der Waals surface area contributed by atoms with E-state index in [9.17, 15) is 22.8 Å². The molecular formula is C18H13Cl2F3N6O3. The lowest BCUT2D eigenvalue weighted by atomic mass is 10.1. The van der Waals surface area contributed by atoms with Gasteiger partial charge in [-0.05, 0) is 24.3 Å². The molecule has 0 saturated carbocycles. The average Bonchev–Trinajstić information content (AvgIpc) is 3.20. The molecule has 2 amide bonds. The first kappa shape index (κ1) is 22.1. The number of anilines is 2. The van der Waals surface area contributed by atoms with Crippen LogP contribution >= 0.6 is 23.2 Å². The molecule has 0 aliphatic carbocycles. The standard InChI is InChI=1S/C18H13Cl2F3N6O3/c19-8-6-11-12(7-9(8)20)29-16(26-11)27-15(32)17(29,18(21,22)23)28-14(31)10-2-1-3-13(25-10)24-4-5-30/h1-3,6-7,30H,4-5H2,(H,24,25)(H,28,31)(H,26,27,32). The molecule has 0 bridgehead atoms. The normalized spacial score (nSPS) is 17.9. The summed E-state index contributed by atoms with van der Waals surface area (Å²) in [5.41, 5.74) is -4.03. The van der Waals surface area contributed by atoms with Gasteiger partial charge in [0.05, 0.1) is 27.7 Å². The highest BCUT2D eigenvalue weighted by molar-refractivity contribution is 6.42. The summed E-state index contributed by atoms with van der Waals surface area (Å²) in [6.45, 7) is -0.112. The summed E-state index contributed by atoms with van der Waals surface area (Å²) in [4.78, 5) is 33.3. The Morgan fingerprint density at radius 3 is 2.62 bits per heavy atom. The van der Waals surface area contributed by atoms with Crippen molar-refractivity contribution in [3.8, 4) is 0 Å². The number of halogens is 5. The van der Waals surface area contributed by atoms with Crippen LogP contribution in [-0.2, 0) is 10.5 Å². The second-order valence-corrected chi connectivity index (χ2v) is 7.52. The van der Waals surface area contributed by atoms with Crippen LogP contribution < -0.4 is 16.0 Å². The van der Waals surface area contributed by atoms with Gasteiger partial charge in [0.2, 0.25) is 5.95 Å². The lowest BCUT2D eigenvalue weighted by molar-refractivity contribution is -0.213. The van der Waals surface area contributed by atoms with E-state index in [4.69, 9.17) is 28.3 Å². The second kappa shape index (κ2) is 7.80. The topological polar surface area (TPSA) is 121 Å². The van der Waals surface area contributed by atoms with E-state index >= 15 is 0 Å². The van der Waals surface area contributed by atoms with Crippen LogP contribution in [0.5, 0.6) is 0 Å². The Balaban J connectivity index is 1.83. The molecule has 3 aromatic rings. The first-order valence-electron chi connectivity index (χ1n) is 8.99. The van der Waals surface area contributed by atoms with Crippen molar-refractivity contribution in [3.05, 3.63) is 46.1 Å². The second-order valence-electron chi connectivity index (χ2n) is 6.70. The predicted octanol–water partition coefficient (Wildman–Crippen LogP) is 2.74. The van der Waals surface area contributed by atoms with E-state index in [1.54, 1.807) is 5.32 Å². The van der Waals surface area contributed by atoms with E-state index in [-0.39, 0.29) is 45.7 Å². The third-order valence-corrected chi connectivity index (χ3v) is 5.41. The molecule has 4 N–H and O–H groups in total. The Kier molecular flexibility index (Phi) is 5.39. The third kappa shape index (κ3) is 3.40. The third-order valence-electron chi connectivity index (χ3n) is 4.69. The largest absolute Gasteiger partial charge is 0.440 e. The summed E-state index contributed by atoms with van der Waals surface area (Å²) in [6, 6.07) is 6.40. The van der Waals surface area contributed by atoms with Crippen LogP contribution in [0.15, 0.2) is 30.3 Å². The maximum Gasteiger partial charge on any atom is 0.440 e. The molecule has 1 aromatic carbocycles. The molecule has 3 heterocycles. The monoisotopic (exact) mass is 488 g/mol. The van der Waals surface area contributed by atoms with Gasteiger partial charge in [-0.2, -0.15) is 13.2 Å². The number of nitrogens with zero attached hydrogens (tertiary/aromatic N) is 3. The smallest absolute Gasteiger partial charge is 0.395 e. The number of rotatable bonds is 5. The Labute approximate surface area is 187 Å². The Hall–Kier alpha value is -3.09. The van der Waals surface area contributed by atoms with Crippen LogP contribution in [-0.4, -0.2) is 50.8 Å². The Bertz CT molecular complexity index is 1250. The number of carbonyl (C=O) groups excluding carboxylic acids is 2. The molecule has 2 aromatic heterocycles. The van der Waals surface area contributed by atoms with Crippen LogP contribution in [0.25, 0.3) is 11.0 Å². The molecule has 1 unspecified atom stereocenters. The van der Waals surface area contributed by atoms with Crippen molar-refractivity contribution in [2.24, 2.45) is 0 Å². The fourth-order valence-corrected chi connectivity index (χ4v) is 3.62. The molecule has 14 heteroatoms. The van der Waals surface area contributed by atoms with Gasteiger partial charge in [0.1, 0.15) is 11.5 Å². The number of fused-ring (bicyclic) bond motifs is 3. The minimum absolute atomic E-state index is 0.0330. The molecule has 0 spiro atoms. The Morgan fingerprint density at radius 2 is 1.94 bits per heavy atom. The molecular weight excluding hydrogens is 476 g/mol. The van der Waals surface area contributed by atoms with Crippen molar-refractivity contribution in [1.82, 2.24) is 19.9 Å². The molecule has 1 aliphatic rings. The molecule has 1 aliphatic heterocycles. The van der Waals surface area contributed by atoms with Gasteiger partial charge in [-0.3, -0.25) is 19.5 Å². The number of pyridine rings is 1. The molecule has 0 fully saturated rings. The highest BCUT2D eigenvalue weighted by Crippen LogP contribution is 2.45. The number of nitrogens with one attached hydrogen (secondary N) is 3. The first-order valence-corrected chi connectivity index (χ1v) is 9.74. The van der Waals surface area contributed by atoms with Gasteiger partial charge in [-0.1, -0.05) is 29.3 Å². The number of aromatic nitrogens is 3. The minimum atomic E-state index is -5.27. The van der Waals surface area contributed by atoms with Crippen LogP contribution in [0.4, 0.5) is 24.9 Å². The number of carbonyl (C=O) groups is 2. The summed E-state index contributed by atoms with van der Waals surface area (Å²) in [6.07, 6.45) is -5.27. The highest BCUT2D eigenvalue weighted by atomic mass is 35.5. The fourth-order valence-electron chi connectivity index (χ4n) is 3.30. The van der Waals surface area contributed by atoms with Crippen LogP contribution in [0.3, 0.4) is 0 Å². The van der Waals surface area contributed by atoms with Gasteiger partial charge in [0.15, 0.2) is 0 Å². The van der Waals surface area contributed by atoms with Gasteiger partial charge < -0.3 is 15.7 Å². The van der Waals surface area contributed by atoms with Crippen LogP contribution in [0.2, 0.25) is 10.0 Å². The molecule has 0 radical (unpaired) electrons. The van der Waals surface area contributed by atoms with Crippen molar-refractivity contribution in [2.75, 3.05) is 23.8 Å². The van der Waals surface area contributed by atoms with E-state index in [1.807, 2.05) is 0 Å². The molecule has 32 heavy (non-hydrogen) atoms. The number of benzene rings is 1. The van der Waals surface area contributed by atoms with Gasteiger partial charge in [0, 0.05) is 6.54 Å². The molecule has 0 saturated heterocycles. The number of amides is 2. The molecule has 4 rings (SSSR count). The van der Waals surface area contributed by atoms with Crippen LogP contribution in [0.1, 0.15) is 10.5 Å². The van der Waals surface area contributed by atoms with E-state index in [1.165, 1.54) is 24.3 Å². The lowest BCUT2D eigenvalue weighted by Crippen LogP contribution is -2.63. The number of aliphatic hydroxyl groups is 1. The number of aliphatic hydroxyl groups excluding tert-OH is 1. The number of hydrogen-bond acceptors (Lipinski definition) is 6. The van der Waals surface area contributed by atoms with E-state index in [2.05, 4.69) is 20.6 Å². The lowest BCUT2D eigenvalue weighted by Gasteiger charge is -2.31.